The summed E-state index contributed by atoms with van der Waals surface area (Å²) >= 11 is 0. The molecule has 6 atom stereocenters. The first-order chi connectivity index (χ1) is 13.0. The molecular weight excluding hydrogens is 364 g/mol. The van der Waals surface area contributed by atoms with E-state index in [0.717, 1.165) is 0 Å². The van der Waals surface area contributed by atoms with Gasteiger partial charge in [-0.25, -0.2) is 9.59 Å². The standard InChI is InChI=1S/C21H30O7/c1-7-11(2)17(23)27-14-8-9-20(25)10-21(26-6)15(12(3)18(24)28-21)16(22)19(20,5)13(14)4/h7,13-14,16,22,25H,8-10H2,1-6H3. The number of ether oxygens (including phenoxy) is 3. The Morgan fingerprint density at radius 3 is 2.61 bits per heavy atom. The van der Waals surface area contributed by atoms with Crippen LogP contribution in [0.2, 0.25) is 0 Å². The second kappa shape index (κ2) is 6.68. The number of aliphatic hydroxyl groups excluding tert-OH is 1. The molecule has 1 heterocycles. The number of hydrogen-bond donors (Lipinski definition) is 2. The lowest BCUT2D eigenvalue weighted by Gasteiger charge is -2.61. The Morgan fingerprint density at radius 2 is 2.04 bits per heavy atom. The third-order valence-electron chi connectivity index (χ3n) is 7.44. The summed E-state index contributed by atoms with van der Waals surface area (Å²) in [6.45, 7) is 8.70. The number of hydrogen-bond acceptors (Lipinski definition) is 7. The second-order valence-electron chi connectivity index (χ2n) is 8.52. The van der Waals surface area contributed by atoms with Gasteiger partial charge in [0.1, 0.15) is 6.10 Å². The van der Waals surface area contributed by atoms with Gasteiger partial charge in [-0.15, -0.1) is 0 Å². The van der Waals surface area contributed by atoms with E-state index in [-0.39, 0.29) is 18.8 Å². The SMILES string of the molecule is CC=C(C)C(=O)OC1CCC2(O)CC3(OC)OC(=O)C(C)=C3C(O)C2(C)C1C. The van der Waals surface area contributed by atoms with Gasteiger partial charge >= 0.3 is 11.9 Å². The van der Waals surface area contributed by atoms with Crippen LogP contribution in [0.3, 0.4) is 0 Å². The highest BCUT2D eigenvalue weighted by molar-refractivity contribution is 5.92. The number of esters is 2. The summed E-state index contributed by atoms with van der Waals surface area (Å²) in [5, 5.41) is 23.0. The highest BCUT2D eigenvalue weighted by Gasteiger charge is 2.71. The Labute approximate surface area is 165 Å². The van der Waals surface area contributed by atoms with Gasteiger partial charge in [-0.2, -0.15) is 0 Å². The quantitative estimate of drug-likeness (QED) is 0.558. The van der Waals surface area contributed by atoms with Gasteiger partial charge in [0.05, 0.1) is 11.7 Å². The molecule has 0 amide bonds. The summed E-state index contributed by atoms with van der Waals surface area (Å²) in [6.07, 6.45) is 0.794. The fraction of sp³-hybridized carbons (Fsp3) is 0.714. The van der Waals surface area contributed by atoms with Crippen molar-refractivity contribution in [3.63, 3.8) is 0 Å². The van der Waals surface area contributed by atoms with E-state index in [9.17, 15) is 19.8 Å². The average molecular weight is 394 g/mol. The molecule has 0 bridgehead atoms. The molecule has 7 heteroatoms. The third-order valence-corrected chi connectivity index (χ3v) is 7.44. The van der Waals surface area contributed by atoms with E-state index in [4.69, 9.17) is 14.2 Å². The predicted octanol–water partition coefficient (Wildman–Crippen LogP) is 2.01. The zero-order valence-corrected chi connectivity index (χ0v) is 17.4. The minimum absolute atomic E-state index is 0.0291. The zero-order chi connectivity index (χ0) is 21.1. The number of aliphatic hydroxyl groups is 2. The van der Waals surface area contributed by atoms with Gasteiger partial charge in [-0.05, 0) is 33.6 Å². The molecule has 0 aromatic carbocycles. The molecule has 2 fully saturated rings. The summed E-state index contributed by atoms with van der Waals surface area (Å²) in [4.78, 5) is 24.5. The van der Waals surface area contributed by atoms with Crippen LogP contribution >= 0.6 is 0 Å². The van der Waals surface area contributed by atoms with Gasteiger partial charge in [-0.1, -0.05) is 19.9 Å². The predicted molar refractivity (Wildman–Crippen MR) is 99.9 cm³/mol. The molecule has 2 N–H and O–H groups in total. The summed E-state index contributed by atoms with van der Waals surface area (Å²) in [5.74, 6) is -2.78. The van der Waals surface area contributed by atoms with Crippen LogP contribution in [0.5, 0.6) is 0 Å². The Morgan fingerprint density at radius 1 is 1.39 bits per heavy atom. The van der Waals surface area contributed by atoms with E-state index in [1.807, 2.05) is 6.92 Å². The lowest BCUT2D eigenvalue weighted by atomic mass is 9.49. The van der Waals surface area contributed by atoms with Crippen molar-refractivity contribution in [1.29, 1.82) is 0 Å². The minimum Gasteiger partial charge on any atom is -0.459 e. The highest BCUT2D eigenvalue weighted by Crippen LogP contribution is 2.62. The molecule has 6 unspecified atom stereocenters. The van der Waals surface area contributed by atoms with Crippen LogP contribution in [0.15, 0.2) is 22.8 Å². The van der Waals surface area contributed by atoms with Gasteiger partial charge in [0, 0.05) is 41.6 Å². The van der Waals surface area contributed by atoms with Crippen LogP contribution in [0, 0.1) is 11.3 Å². The van der Waals surface area contributed by atoms with Crippen molar-refractivity contribution in [2.24, 2.45) is 11.3 Å². The Bertz CT molecular complexity index is 769. The number of methoxy groups -OCH3 is 1. The molecule has 0 saturated heterocycles. The number of fused-ring (bicyclic) bond motifs is 2. The Kier molecular flexibility index (Phi) is 5.01. The second-order valence-corrected chi connectivity index (χ2v) is 8.52. The Balaban J connectivity index is 2.02. The van der Waals surface area contributed by atoms with Crippen LogP contribution in [0.4, 0.5) is 0 Å². The molecule has 0 radical (unpaired) electrons. The fourth-order valence-corrected chi connectivity index (χ4v) is 5.13. The number of carbonyl (C=O) groups is 2. The topological polar surface area (TPSA) is 102 Å². The summed E-state index contributed by atoms with van der Waals surface area (Å²) in [5.41, 5.74) is -1.24. The van der Waals surface area contributed by atoms with Crippen LogP contribution in [0.25, 0.3) is 0 Å². The van der Waals surface area contributed by atoms with Gasteiger partial charge in [0.2, 0.25) is 5.79 Å². The molecule has 2 saturated carbocycles. The average Bonchev–Trinajstić information content (AvgIpc) is 2.91. The first-order valence-corrected chi connectivity index (χ1v) is 9.71. The van der Waals surface area contributed by atoms with E-state index in [2.05, 4.69) is 0 Å². The maximum absolute atomic E-state index is 12.3. The molecular formula is C21H30O7. The van der Waals surface area contributed by atoms with Crippen molar-refractivity contribution in [3.8, 4) is 0 Å². The smallest absolute Gasteiger partial charge is 0.336 e. The van der Waals surface area contributed by atoms with E-state index in [0.29, 0.717) is 23.1 Å². The van der Waals surface area contributed by atoms with Crippen molar-refractivity contribution in [3.05, 3.63) is 22.8 Å². The molecule has 3 aliphatic rings. The van der Waals surface area contributed by atoms with Gasteiger partial charge in [0.25, 0.3) is 0 Å². The van der Waals surface area contributed by atoms with Crippen molar-refractivity contribution in [2.75, 3.05) is 7.11 Å². The first-order valence-electron chi connectivity index (χ1n) is 9.71. The van der Waals surface area contributed by atoms with Gasteiger partial charge in [0.15, 0.2) is 0 Å². The maximum atomic E-state index is 12.3. The van der Waals surface area contributed by atoms with Crippen LogP contribution in [-0.2, 0) is 23.8 Å². The van der Waals surface area contributed by atoms with Crippen molar-refractivity contribution in [2.45, 2.75) is 77.5 Å². The van der Waals surface area contributed by atoms with Gasteiger partial charge < -0.3 is 24.4 Å². The van der Waals surface area contributed by atoms with Crippen molar-refractivity contribution >= 4 is 11.9 Å². The molecule has 1 aliphatic heterocycles. The summed E-state index contributed by atoms with van der Waals surface area (Å²) in [6, 6.07) is 0. The van der Waals surface area contributed by atoms with Crippen LogP contribution in [-0.4, -0.2) is 52.9 Å². The van der Waals surface area contributed by atoms with Crippen LogP contribution in [0.1, 0.15) is 53.9 Å². The molecule has 0 aromatic heterocycles. The van der Waals surface area contributed by atoms with Crippen molar-refractivity contribution in [1.82, 2.24) is 0 Å². The molecule has 0 spiro atoms. The summed E-state index contributed by atoms with van der Waals surface area (Å²) in [7, 11) is 1.40. The third kappa shape index (κ3) is 2.60. The monoisotopic (exact) mass is 394 g/mol. The molecule has 7 nitrogen and oxygen atoms in total. The van der Waals surface area contributed by atoms with E-state index >= 15 is 0 Å². The Hall–Kier alpha value is -1.70. The minimum atomic E-state index is -1.46. The van der Waals surface area contributed by atoms with Gasteiger partial charge in [-0.3, -0.25) is 0 Å². The van der Waals surface area contributed by atoms with E-state index in [1.54, 1.807) is 33.8 Å². The highest BCUT2D eigenvalue weighted by atomic mass is 16.7. The largest absolute Gasteiger partial charge is 0.459 e. The molecule has 28 heavy (non-hydrogen) atoms. The molecule has 2 aliphatic carbocycles. The zero-order valence-electron chi connectivity index (χ0n) is 17.4. The lowest BCUT2D eigenvalue weighted by Crippen LogP contribution is -2.70. The number of rotatable bonds is 3. The lowest BCUT2D eigenvalue weighted by molar-refractivity contribution is -0.289. The van der Waals surface area contributed by atoms with E-state index < -0.39 is 40.9 Å². The first kappa shape index (κ1) is 21.0. The number of carbonyl (C=O) groups excluding carboxylic acids is 2. The van der Waals surface area contributed by atoms with Crippen LogP contribution < -0.4 is 0 Å². The van der Waals surface area contributed by atoms with Crippen molar-refractivity contribution < 1.29 is 34.0 Å². The molecule has 0 aromatic rings. The number of allylic oxidation sites excluding steroid dienone is 1. The maximum Gasteiger partial charge on any atom is 0.336 e. The molecule has 156 valence electrons. The normalized spacial score (nSPS) is 43.4. The summed E-state index contributed by atoms with van der Waals surface area (Å²) < 4.78 is 16.7. The fourth-order valence-electron chi connectivity index (χ4n) is 5.13. The van der Waals surface area contributed by atoms with E-state index in [1.165, 1.54) is 7.11 Å². The molecule has 3 rings (SSSR count).